The minimum Gasteiger partial charge on any atom is -0.402 e. The monoisotopic (exact) mass is 407 g/mol. The van der Waals surface area contributed by atoms with Gasteiger partial charge in [0.05, 0.1) is 16.8 Å². The molecule has 0 bridgehead atoms. The highest BCUT2D eigenvalue weighted by atomic mass is 32.2. The van der Waals surface area contributed by atoms with Crippen LogP contribution in [0, 0.1) is 17.2 Å². The molecule has 1 heterocycles. The lowest BCUT2D eigenvalue weighted by atomic mass is 9.66. The number of hydrogen-bond donors (Lipinski definition) is 2. The molecule has 0 spiro atoms. The second-order valence-corrected chi connectivity index (χ2v) is 10.2. The second kappa shape index (κ2) is 7.99. The van der Waals surface area contributed by atoms with E-state index in [-0.39, 0.29) is 16.6 Å². The van der Waals surface area contributed by atoms with E-state index in [1.165, 1.54) is 18.2 Å². The number of aliphatic hydroxyl groups excluding tert-OH is 1. The Bertz CT molecular complexity index is 893. The Morgan fingerprint density at radius 2 is 2.07 bits per heavy atom. The molecule has 1 unspecified atom stereocenters. The quantitative estimate of drug-likeness (QED) is 0.721. The van der Waals surface area contributed by atoms with Crippen LogP contribution in [0.3, 0.4) is 0 Å². The number of fused-ring (bicyclic) bond motifs is 1. The number of benzene rings is 1. The maximum atomic E-state index is 14.2. The molecule has 6 heteroatoms. The molecule has 0 aromatic heterocycles. The van der Waals surface area contributed by atoms with E-state index in [2.05, 4.69) is 6.92 Å². The molecule has 1 aliphatic carbocycles. The van der Waals surface area contributed by atoms with Crippen molar-refractivity contribution in [2.45, 2.75) is 62.9 Å². The summed E-state index contributed by atoms with van der Waals surface area (Å²) in [7, 11) is -3.66. The zero-order chi connectivity index (χ0) is 20.5. The van der Waals surface area contributed by atoms with Gasteiger partial charge in [0.2, 0.25) is 0 Å². The van der Waals surface area contributed by atoms with Crippen molar-refractivity contribution in [2.24, 2.45) is 17.1 Å². The van der Waals surface area contributed by atoms with E-state index in [9.17, 15) is 17.9 Å². The highest BCUT2D eigenvalue weighted by molar-refractivity contribution is 7.91. The summed E-state index contributed by atoms with van der Waals surface area (Å²) in [5.41, 5.74) is 6.33. The van der Waals surface area contributed by atoms with Gasteiger partial charge < -0.3 is 10.8 Å². The van der Waals surface area contributed by atoms with Crippen LogP contribution >= 0.6 is 0 Å². The van der Waals surface area contributed by atoms with E-state index < -0.39 is 33.1 Å². The number of unbranched alkanes of at least 4 members (excludes halogenated alkanes) is 1. The number of hydrogen-bond acceptors (Lipinski definition) is 4. The second-order valence-electron chi connectivity index (χ2n) is 8.23. The number of halogens is 1. The predicted molar refractivity (Wildman–Crippen MR) is 109 cm³/mol. The van der Waals surface area contributed by atoms with Crippen LogP contribution in [0.4, 0.5) is 4.39 Å². The molecular weight excluding hydrogens is 377 g/mol. The van der Waals surface area contributed by atoms with E-state index in [1.54, 1.807) is 0 Å². The first-order valence-corrected chi connectivity index (χ1v) is 11.7. The van der Waals surface area contributed by atoms with Crippen LogP contribution in [0.25, 0.3) is 0 Å². The Morgan fingerprint density at radius 1 is 1.32 bits per heavy atom. The van der Waals surface area contributed by atoms with E-state index in [1.807, 2.05) is 25.2 Å². The van der Waals surface area contributed by atoms with Gasteiger partial charge in [-0.25, -0.2) is 12.8 Å². The highest BCUT2D eigenvalue weighted by Gasteiger charge is 2.50. The van der Waals surface area contributed by atoms with E-state index >= 15 is 0 Å². The van der Waals surface area contributed by atoms with Crippen LogP contribution in [0.5, 0.6) is 0 Å². The molecular formula is C22H30FNO3S. The SMILES string of the molecule is CCCC[C@@]1(CC)CS(=O)(=O)c2ccc(F)cc2[C@@H](C2C=CC=C(N)C2)[C@H]1O. The molecule has 4 nitrogen and oxygen atoms in total. The zero-order valence-electron chi connectivity index (χ0n) is 16.6. The van der Waals surface area contributed by atoms with Crippen LogP contribution in [0.15, 0.2) is 47.0 Å². The first-order valence-electron chi connectivity index (χ1n) is 10.1. The number of allylic oxidation sites excluding steroid dienone is 4. The Labute approximate surface area is 167 Å². The van der Waals surface area contributed by atoms with Crippen LogP contribution < -0.4 is 5.73 Å². The molecule has 0 radical (unpaired) electrons. The van der Waals surface area contributed by atoms with Crippen LogP contribution in [0.2, 0.25) is 0 Å². The molecule has 1 aromatic rings. The smallest absolute Gasteiger partial charge is 0.179 e. The number of sulfone groups is 1. The minimum absolute atomic E-state index is 0.117. The molecule has 2 aliphatic rings. The van der Waals surface area contributed by atoms with Gasteiger partial charge in [0.25, 0.3) is 0 Å². The number of rotatable bonds is 5. The van der Waals surface area contributed by atoms with Gasteiger partial charge in [-0.05, 0) is 55.0 Å². The van der Waals surface area contributed by atoms with Crippen molar-refractivity contribution in [3.63, 3.8) is 0 Å². The summed E-state index contributed by atoms with van der Waals surface area (Å²) >= 11 is 0. The van der Waals surface area contributed by atoms with Crippen molar-refractivity contribution >= 4 is 9.84 Å². The van der Waals surface area contributed by atoms with Gasteiger partial charge in [0.15, 0.2) is 9.84 Å². The van der Waals surface area contributed by atoms with Crippen LogP contribution in [0.1, 0.15) is 57.4 Å². The van der Waals surface area contributed by atoms with Crippen LogP contribution in [-0.2, 0) is 9.84 Å². The van der Waals surface area contributed by atoms with Crippen molar-refractivity contribution < 1.29 is 17.9 Å². The lowest BCUT2D eigenvalue weighted by Crippen LogP contribution is -2.44. The van der Waals surface area contributed by atoms with Gasteiger partial charge in [0, 0.05) is 17.0 Å². The van der Waals surface area contributed by atoms with Crippen molar-refractivity contribution in [3.8, 4) is 0 Å². The molecule has 0 amide bonds. The molecule has 4 atom stereocenters. The summed E-state index contributed by atoms with van der Waals surface area (Å²) in [5, 5.41) is 11.6. The molecule has 28 heavy (non-hydrogen) atoms. The fraction of sp³-hybridized carbons (Fsp3) is 0.545. The number of aliphatic hydroxyl groups is 1. The highest BCUT2D eigenvalue weighted by Crippen LogP contribution is 2.50. The summed E-state index contributed by atoms with van der Waals surface area (Å²) in [6, 6.07) is 3.83. The molecule has 1 aromatic carbocycles. The summed E-state index contributed by atoms with van der Waals surface area (Å²) < 4.78 is 40.8. The van der Waals surface area contributed by atoms with Gasteiger partial charge in [-0.2, -0.15) is 0 Å². The van der Waals surface area contributed by atoms with Gasteiger partial charge in [0.1, 0.15) is 5.82 Å². The fourth-order valence-corrected chi connectivity index (χ4v) is 7.10. The van der Waals surface area contributed by atoms with Gasteiger partial charge in [-0.1, -0.05) is 38.8 Å². The molecule has 1 aliphatic heterocycles. The topological polar surface area (TPSA) is 80.4 Å². The molecule has 3 rings (SSSR count). The van der Waals surface area contributed by atoms with Gasteiger partial charge >= 0.3 is 0 Å². The van der Waals surface area contributed by atoms with Crippen molar-refractivity contribution in [2.75, 3.05) is 5.75 Å². The van der Waals surface area contributed by atoms with Crippen molar-refractivity contribution in [3.05, 3.63) is 53.5 Å². The average molecular weight is 408 g/mol. The molecule has 3 N–H and O–H groups in total. The Balaban J connectivity index is 2.21. The first kappa shape index (κ1) is 21.1. The standard InChI is InChI=1S/C22H30FNO3S/c1-3-5-11-22(4-2)14-28(26,27)19-10-9-16(23)13-18(19)20(21(22)25)15-7-6-8-17(24)12-15/h6-10,13,15,20-21,25H,3-5,11-12,14,24H2,1-2H3/t15?,20-,21-,22+/m1/s1. The normalized spacial score (nSPS) is 31.7. The zero-order valence-corrected chi connectivity index (χ0v) is 17.4. The largest absolute Gasteiger partial charge is 0.402 e. The summed E-state index contributed by atoms with van der Waals surface area (Å²) in [5.74, 6) is -1.31. The molecule has 0 saturated heterocycles. The Hall–Kier alpha value is -1.66. The third kappa shape index (κ3) is 3.77. The fourth-order valence-electron chi connectivity index (χ4n) is 4.83. The molecule has 154 valence electrons. The Morgan fingerprint density at radius 3 is 2.71 bits per heavy atom. The summed E-state index contributed by atoms with van der Waals surface area (Å²) in [6.07, 6.45) is 8.14. The minimum atomic E-state index is -3.66. The summed E-state index contributed by atoms with van der Waals surface area (Å²) in [4.78, 5) is 0.145. The third-order valence-electron chi connectivity index (χ3n) is 6.44. The van der Waals surface area contributed by atoms with Crippen molar-refractivity contribution in [1.82, 2.24) is 0 Å². The predicted octanol–water partition coefficient (Wildman–Crippen LogP) is 4.06. The lowest BCUT2D eigenvalue weighted by molar-refractivity contribution is -0.00198. The number of nitrogens with two attached hydrogens (primary N) is 1. The first-order chi connectivity index (χ1) is 13.2. The Kier molecular flexibility index (Phi) is 6.01. The average Bonchev–Trinajstić information content (AvgIpc) is 2.71. The van der Waals surface area contributed by atoms with E-state index in [4.69, 9.17) is 5.73 Å². The van der Waals surface area contributed by atoms with Gasteiger partial charge in [-0.3, -0.25) is 0 Å². The van der Waals surface area contributed by atoms with E-state index in [0.29, 0.717) is 30.5 Å². The molecule has 0 saturated carbocycles. The third-order valence-corrected chi connectivity index (χ3v) is 8.44. The summed E-state index contributed by atoms with van der Waals surface area (Å²) in [6.45, 7) is 3.99. The van der Waals surface area contributed by atoms with Crippen molar-refractivity contribution in [1.29, 1.82) is 0 Å². The van der Waals surface area contributed by atoms with Crippen LogP contribution in [-0.4, -0.2) is 25.4 Å². The maximum absolute atomic E-state index is 14.2. The molecule has 0 fully saturated rings. The lowest BCUT2D eigenvalue weighted by Gasteiger charge is -2.41. The van der Waals surface area contributed by atoms with E-state index in [0.717, 1.165) is 12.8 Å². The van der Waals surface area contributed by atoms with Gasteiger partial charge in [-0.15, -0.1) is 0 Å². The maximum Gasteiger partial charge on any atom is 0.179 e.